The van der Waals surface area contributed by atoms with Crippen molar-refractivity contribution in [3.05, 3.63) is 70.0 Å². The molecule has 0 saturated carbocycles. The number of rotatable bonds is 2. The van der Waals surface area contributed by atoms with Gasteiger partial charge in [-0.2, -0.15) is 0 Å². The second-order valence-corrected chi connectivity index (χ2v) is 5.08. The van der Waals surface area contributed by atoms with Crippen molar-refractivity contribution in [2.45, 2.75) is 0 Å². The Bertz CT molecular complexity index is 926. The van der Waals surface area contributed by atoms with Crippen molar-refractivity contribution in [3.63, 3.8) is 0 Å². The van der Waals surface area contributed by atoms with Crippen molar-refractivity contribution in [1.82, 2.24) is 4.98 Å². The van der Waals surface area contributed by atoms with Crippen LogP contribution in [0.1, 0.15) is 11.3 Å². The highest BCUT2D eigenvalue weighted by Gasteiger charge is 2.15. The number of hydrogen-bond acceptors (Lipinski definition) is 3. The maximum absolute atomic E-state index is 12.3. The molecule has 0 saturated heterocycles. The quantitative estimate of drug-likeness (QED) is 0.787. The molecule has 4 nitrogen and oxygen atoms in total. The number of ether oxygens (including phenoxy) is 2. The minimum Gasteiger partial charge on any atom is -0.454 e. The van der Waals surface area contributed by atoms with Crippen LogP contribution in [0.5, 0.6) is 11.5 Å². The molecular formula is C18H13NO3. The molecule has 0 radical (unpaired) electrons. The second kappa shape index (κ2) is 5.07. The summed E-state index contributed by atoms with van der Waals surface area (Å²) in [7, 11) is 0. The Kier molecular flexibility index (Phi) is 2.93. The first-order chi connectivity index (χ1) is 10.8. The molecule has 0 fully saturated rings. The van der Waals surface area contributed by atoms with Gasteiger partial charge in [0.05, 0.1) is 5.52 Å². The monoisotopic (exact) mass is 291 g/mol. The first-order valence-electron chi connectivity index (χ1n) is 6.99. The van der Waals surface area contributed by atoms with Crippen LogP contribution in [0.2, 0.25) is 0 Å². The first-order valence-corrected chi connectivity index (χ1v) is 6.99. The summed E-state index contributed by atoms with van der Waals surface area (Å²) in [5.74, 6) is 1.28. The molecule has 0 atom stereocenters. The van der Waals surface area contributed by atoms with E-state index in [2.05, 4.69) is 4.98 Å². The summed E-state index contributed by atoms with van der Waals surface area (Å²) in [5, 5.41) is 0.598. The molecule has 1 aromatic heterocycles. The minimum atomic E-state index is -0.0419. The molecule has 4 rings (SSSR count). The Hall–Kier alpha value is -3.01. The standard InChI is InChI=1S/C18H13NO3/c20-16-8-13(7-6-12-4-2-1-3-5-12)19-15-10-18-17(9-14(15)16)21-11-22-18/h1-10H,11H2,(H,19,20)/b7-6+. The Morgan fingerprint density at radius 2 is 1.73 bits per heavy atom. The number of nitrogens with one attached hydrogen (secondary N) is 1. The number of aromatic nitrogens is 1. The van der Waals surface area contributed by atoms with E-state index in [1.807, 2.05) is 42.5 Å². The third kappa shape index (κ3) is 2.24. The molecule has 0 bridgehead atoms. The van der Waals surface area contributed by atoms with E-state index in [4.69, 9.17) is 9.47 Å². The molecule has 0 unspecified atom stereocenters. The van der Waals surface area contributed by atoms with Crippen LogP contribution in [0.15, 0.2) is 53.3 Å². The average molecular weight is 291 g/mol. The van der Waals surface area contributed by atoms with Crippen LogP contribution >= 0.6 is 0 Å². The van der Waals surface area contributed by atoms with Gasteiger partial charge in [0.25, 0.3) is 0 Å². The van der Waals surface area contributed by atoms with Crippen molar-refractivity contribution in [2.75, 3.05) is 6.79 Å². The van der Waals surface area contributed by atoms with Gasteiger partial charge in [-0.15, -0.1) is 0 Å². The molecule has 0 spiro atoms. The third-order valence-corrected chi connectivity index (χ3v) is 3.60. The number of benzene rings is 2. The van der Waals surface area contributed by atoms with Gasteiger partial charge in [-0.3, -0.25) is 4.79 Å². The third-order valence-electron chi connectivity index (χ3n) is 3.60. The van der Waals surface area contributed by atoms with E-state index in [0.717, 1.165) is 16.8 Å². The van der Waals surface area contributed by atoms with Crippen molar-refractivity contribution in [1.29, 1.82) is 0 Å². The molecule has 3 aromatic rings. The van der Waals surface area contributed by atoms with Gasteiger partial charge in [0.2, 0.25) is 6.79 Å². The Morgan fingerprint density at radius 3 is 2.55 bits per heavy atom. The predicted octanol–water partition coefficient (Wildman–Crippen LogP) is 3.43. The van der Waals surface area contributed by atoms with Gasteiger partial charge in [0.15, 0.2) is 16.9 Å². The normalized spacial score (nSPS) is 13.1. The van der Waals surface area contributed by atoms with Gasteiger partial charge in [0.1, 0.15) is 0 Å². The molecule has 1 aliphatic heterocycles. The van der Waals surface area contributed by atoms with E-state index in [-0.39, 0.29) is 12.2 Å². The van der Waals surface area contributed by atoms with Crippen molar-refractivity contribution in [2.24, 2.45) is 0 Å². The number of aromatic amines is 1. The number of H-pyrrole nitrogens is 1. The fourth-order valence-corrected chi connectivity index (χ4v) is 2.50. The second-order valence-electron chi connectivity index (χ2n) is 5.08. The topological polar surface area (TPSA) is 51.3 Å². The summed E-state index contributed by atoms with van der Waals surface area (Å²) in [6.07, 6.45) is 3.85. The summed E-state index contributed by atoms with van der Waals surface area (Å²) >= 11 is 0. The summed E-state index contributed by atoms with van der Waals surface area (Å²) in [6, 6.07) is 15.1. The van der Waals surface area contributed by atoms with Gasteiger partial charge in [-0.1, -0.05) is 36.4 Å². The molecule has 22 heavy (non-hydrogen) atoms. The van der Waals surface area contributed by atoms with E-state index in [0.29, 0.717) is 16.9 Å². The van der Waals surface area contributed by atoms with Crippen LogP contribution in [-0.4, -0.2) is 11.8 Å². The lowest BCUT2D eigenvalue weighted by molar-refractivity contribution is 0.174. The smallest absolute Gasteiger partial charge is 0.231 e. The fraction of sp³-hybridized carbons (Fsp3) is 0.0556. The van der Waals surface area contributed by atoms with E-state index < -0.39 is 0 Å². The number of hydrogen-bond donors (Lipinski definition) is 1. The lowest BCUT2D eigenvalue weighted by Gasteiger charge is -2.03. The Morgan fingerprint density at radius 1 is 0.955 bits per heavy atom. The molecule has 1 N–H and O–H groups in total. The summed E-state index contributed by atoms with van der Waals surface area (Å²) < 4.78 is 10.7. The fourth-order valence-electron chi connectivity index (χ4n) is 2.50. The van der Waals surface area contributed by atoms with Crippen LogP contribution in [0.4, 0.5) is 0 Å². The van der Waals surface area contributed by atoms with Gasteiger partial charge in [-0.05, 0) is 17.7 Å². The average Bonchev–Trinajstić information content (AvgIpc) is 2.99. The summed E-state index contributed by atoms with van der Waals surface area (Å²) in [4.78, 5) is 15.5. The Balaban J connectivity index is 1.78. The van der Waals surface area contributed by atoms with E-state index in [1.165, 1.54) is 0 Å². The molecule has 4 heteroatoms. The molecule has 108 valence electrons. The van der Waals surface area contributed by atoms with Crippen LogP contribution in [0.3, 0.4) is 0 Å². The van der Waals surface area contributed by atoms with Crippen LogP contribution in [-0.2, 0) is 0 Å². The van der Waals surface area contributed by atoms with E-state index >= 15 is 0 Å². The van der Waals surface area contributed by atoms with Crippen molar-refractivity contribution in [3.8, 4) is 11.5 Å². The highest BCUT2D eigenvalue weighted by molar-refractivity contribution is 5.84. The van der Waals surface area contributed by atoms with Crippen LogP contribution < -0.4 is 14.9 Å². The highest BCUT2D eigenvalue weighted by atomic mass is 16.7. The van der Waals surface area contributed by atoms with Crippen LogP contribution in [0, 0.1) is 0 Å². The molecule has 0 aliphatic carbocycles. The number of pyridine rings is 1. The maximum atomic E-state index is 12.3. The van der Waals surface area contributed by atoms with Crippen molar-refractivity contribution >= 4 is 23.1 Å². The first kappa shape index (κ1) is 12.7. The highest BCUT2D eigenvalue weighted by Crippen LogP contribution is 2.34. The summed E-state index contributed by atoms with van der Waals surface area (Å²) in [6.45, 7) is 0.195. The predicted molar refractivity (Wildman–Crippen MR) is 86.1 cm³/mol. The molecule has 0 amide bonds. The Labute approximate surface area is 126 Å². The maximum Gasteiger partial charge on any atom is 0.231 e. The van der Waals surface area contributed by atoms with E-state index in [1.54, 1.807) is 18.2 Å². The van der Waals surface area contributed by atoms with Crippen molar-refractivity contribution < 1.29 is 9.47 Å². The number of fused-ring (bicyclic) bond motifs is 2. The van der Waals surface area contributed by atoms with Gasteiger partial charge in [0, 0.05) is 23.2 Å². The zero-order chi connectivity index (χ0) is 14.9. The molecule has 2 aromatic carbocycles. The molecular weight excluding hydrogens is 278 g/mol. The zero-order valence-corrected chi connectivity index (χ0v) is 11.7. The lowest BCUT2D eigenvalue weighted by Crippen LogP contribution is -2.02. The van der Waals surface area contributed by atoms with Gasteiger partial charge < -0.3 is 14.5 Å². The molecule has 1 aliphatic rings. The molecule has 2 heterocycles. The van der Waals surface area contributed by atoms with E-state index in [9.17, 15) is 4.79 Å². The van der Waals surface area contributed by atoms with Crippen LogP contribution in [0.25, 0.3) is 23.1 Å². The van der Waals surface area contributed by atoms with Gasteiger partial charge in [-0.25, -0.2) is 0 Å². The SMILES string of the molecule is O=c1cc(/C=C/c2ccccc2)[nH]c2cc3c(cc12)OCO3. The lowest BCUT2D eigenvalue weighted by atomic mass is 10.1. The zero-order valence-electron chi connectivity index (χ0n) is 11.7. The largest absolute Gasteiger partial charge is 0.454 e. The minimum absolute atomic E-state index is 0.0419. The summed E-state index contributed by atoms with van der Waals surface area (Å²) in [5.41, 5.74) is 2.53. The van der Waals surface area contributed by atoms with Gasteiger partial charge >= 0.3 is 0 Å².